The normalized spacial score (nSPS) is 13.0. The molecule has 0 aromatic heterocycles. The van der Waals surface area contributed by atoms with Crippen molar-refractivity contribution in [3.8, 4) is 0 Å². The molecule has 0 radical (unpaired) electrons. The Bertz CT molecular complexity index is 583. The van der Waals surface area contributed by atoms with Gasteiger partial charge in [-0.05, 0) is 24.6 Å². The maximum Gasteiger partial charge on any atom is 0.174 e. The maximum atomic E-state index is 12.2. The summed E-state index contributed by atoms with van der Waals surface area (Å²) in [5.41, 5.74) is 3.45. The van der Waals surface area contributed by atoms with Gasteiger partial charge in [0.2, 0.25) is 0 Å². The number of nitrogens with one attached hydrogen (secondary N) is 1. The zero-order valence-electron chi connectivity index (χ0n) is 11.3. The highest BCUT2D eigenvalue weighted by Crippen LogP contribution is 2.33. The van der Waals surface area contributed by atoms with Crippen LogP contribution >= 0.6 is 23.4 Å². The second-order valence-electron chi connectivity index (χ2n) is 4.82. The van der Waals surface area contributed by atoms with E-state index in [-0.39, 0.29) is 11.6 Å². The number of fused-ring (bicyclic) bond motifs is 1. The van der Waals surface area contributed by atoms with E-state index in [4.69, 9.17) is 11.6 Å². The van der Waals surface area contributed by atoms with Gasteiger partial charge in [-0.15, -0.1) is 0 Å². The molecule has 5 heteroatoms. The van der Waals surface area contributed by atoms with Crippen molar-refractivity contribution in [2.45, 2.75) is 19.8 Å². The number of Topliss-reactive ketones (excluding diaryl/α,β-unsaturated/α-hetero) is 2. The molecule has 1 aliphatic rings. The summed E-state index contributed by atoms with van der Waals surface area (Å²) in [6, 6.07) is 3.62. The average molecular weight is 310 g/mol. The molecule has 0 saturated heterocycles. The lowest BCUT2D eigenvalue weighted by Crippen LogP contribution is -2.05. The third-order valence-electron chi connectivity index (χ3n) is 3.04. The van der Waals surface area contributed by atoms with E-state index in [2.05, 4.69) is 11.9 Å². The van der Waals surface area contributed by atoms with E-state index in [1.165, 1.54) is 11.8 Å². The molecule has 0 fully saturated rings. The van der Waals surface area contributed by atoms with Crippen LogP contribution in [0.25, 0.3) is 0 Å². The fourth-order valence-electron chi connectivity index (χ4n) is 2.02. The van der Waals surface area contributed by atoms with Gasteiger partial charge in [0.15, 0.2) is 5.78 Å². The van der Waals surface area contributed by atoms with Crippen molar-refractivity contribution in [1.29, 1.82) is 0 Å². The van der Waals surface area contributed by atoms with E-state index in [0.717, 1.165) is 23.4 Å². The molecule has 1 N–H and O–H groups in total. The van der Waals surface area contributed by atoms with Crippen molar-refractivity contribution in [3.63, 3.8) is 0 Å². The van der Waals surface area contributed by atoms with E-state index in [0.29, 0.717) is 28.5 Å². The predicted molar refractivity (Wildman–Crippen MR) is 84.9 cm³/mol. The van der Waals surface area contributed by atoms with Crippen molar-refractivity contribution in [2.24, 2.45) is 0 Å². The summed E-state index contributed by atoms with van der Waals surface area (Å²) in [5, 5.41) is 3.60. The summed E-state index contributed by atoms with van der Waals surface area (Å²) in [4.78, 5) is 23.0. The molecule has 0 spiro atoms. The number of allylic oxidation sites excluding steroid dienone is 1. The lowest BCUT2D eigenvalue weighted by molar-refractivity contribution is -0.116. The van der Waals surface area contributed by atoms with Gasteiger partial charge in [-0.2, -0.15) is 11.8 Å². The van der Waals surface area contributed by atoms with E-state index in [9.17, 15) is 9.59 Å². The molecule has 106 valence electrons. The first-order valence-electron chi connectivity index (χ1n) is 6.35. The first kappa shape index (κ1) is 15.1. The second-order valence-corrected chi connectivity index (χ2v) is 6.33. The topological polar surface area (TPSA) is 46.2 Å². The third kappa shape index (κ3) is 3.64. The number of anilines is 1. The van der Waals surface area contributed by atoms with Crippen LogP contribution in [-0.2, 0) is 11.2 Å². The Morgan fingerprint density at radius 1 is 1.45 bits per heavy atom. The molecule has 0 unspecified atom stereocenters. The summed E-state index contributed by atoms with van der Waals surface area (Å²) in [5.74, 6) is 1.16. The standard InChI is InChI=1S/C15H16ClNO2S/c1-9-5-11-6-12(13(16)7-14(11)17-9)15(19)8-20-4-3-10(2)18/h6-7,17H,1,3-5,8H2,2H3. The van der Waals surface area contributed by atoms with Crippen LogP contribution in [0.3, 0.4) is 0 Å². The number of thioether (sulfide) groups is 1. The van der Waals surface area contributed by atoms with E-state index in [1.807, 2.05) is 6.07 Å². The number of halogens is 1. The number of ketones is 2. The monoisotopic (exact) mass is 309 g/mol. The van der Waals surface area contributed by atoms with Gasteiger partial charge in [0.25, 0.3) is 0 Å². The van der Waals surface area contributed by atoms with Crippen LogP contribution < -0.4 is 5.32 Å². The molecule has 0 aliphatic carbocycles. The van der Waals surface area contributed by atoms with Crippen molar-refractivity contribution in [3.05, 3.63) is 40.6 Å². The van der Waals surface area contributed by atoms with Crippen molar-refractivity contribution < 1.29 is 9.59 Å². The number of carbonyl (C=O) groups excluding carboxylic acids is 2. The van der Waals surface area contributed by atoms with Gasteiger partial charge >= 0.3 is 0 Å². The lowest BCUT2D eigenvalue weighted by Gasteiger charge is -2.07. The Morgan fingerprint density at radius 3 is 2.90 bits per heavy atom. The number of hydrogen-bond donors (Lipinski definition) is 1. The number of rotatable bonds is 6. The van der Waals surface area contributed by atoms with Crippen LogP contribution in [0, 0.1) is 0 Å². The molecule has 0 bridgehead atoms. The maximum absolute atomic E-state index is 12.2. The molecule has 0 amide bonds. The van der Waals surface area contributed by atoms with Gasteiger partial charge in [0.05, 0.1) is 10.8 Å². The molecular weight excluding hydrogens is 294 g/mol. The van der Waals surface area contributed by atoms with Crippen LogP contribution in [0.15, 0.2) is 24.4 Å². The molecule has 20 heavy (non-hydrogen) atoms. The average Bonchev–Trinajstić information content (AvgIpc) is 2.72. The summed E-state index contributed by atoms with van der Waals surface area (Å²) in [6.07, 6.45) is 1.23. The third-order valence-corrected chi connectivity index (χ3v) is 4.31. The van der Waals surface area contributed by atoms with E-state index >= 15 is 0 Å². The van der Waals surface area contributed by atoms with Gasteiger partial charge in [-0.25, -0.2) is 0 Å². The van der Waals surface area contributed by atoms with Gasteiger partial charge in [0, 0.05) is 35.5 Å². The van der Waals surface area contributed by atoms with E-state index in [1.54, 1.807) is 13.0 Å². The largest absolute Gasteiger partial charge is 0.359 e. The van der Waals surface area contributed by atoms with Gasteiger partial charge < -0.3 is 5.32 Å². The zero-order chi connectivity index (χ0) is 14.7. The van der Waals surface area contributed by atoms with Crippen molar-refractivity contribution in [1.82, 2.24) is 0 Å². The highest BCUT2D eigenvalue weighted by Gasteiger charge is 2.19. The highest BCUT2D eigenvalue weighted by atomic mass is 35.5. The molecule has 1 aliphatic heterocycles. The van der Waals surface area contributed by atoms with Crippen LogP contribution in [0.5, 0.6) is 0 Å². The van der Waals surface area contributed by atoms with Gasteiger partial charge in [-0.3, -0.25) is 9.59 Å². The molecule has 1 aromatic rings. The second kappa shape index (κ2) is 6.46. The fourth-order valence-corrected chi connectivity index (χ4v) is 3.20. The minimum Gasteiger partial charge on any atom is -0.359 e. The van der Waals surface area contributed by atoms with Crippen LogP contribution in [0.4, 0.5) is 5.69 Å². The summed E-state index contributed by atoms with van der Waals surface area (Å²) in [6.45, 7) is 5.43. The van der Waals surface area contributed by atoms with Gasteiger partial charge in [0.1, 0.15) is 5.78 Å². The minimum atomic E-state index is 0.00358. The molecule has 0 atom stereocenters. The molecule has 2 rings (SSSR count). The smallest absolute Gasteiger partial charge is 0.174 e. The summed E-state index contributed by atoms with van der Waals surface area (Å²) >= 11 is 7.62. The first-order chi connectivity index (χ1) is 9.47. The Morgan fingerprint density at radius 2 is 2.20 bits per heavy atom. The lowest BCUT2D eigenvalue weighted by atomic mass is 10.1. The Balaban J connectivity index is 2.02. The van der Waals surface area contributed by atoms with Crippen LogP contribution in [-0.4, -0.2) is 23.1 Å². The number of benzene rings is 1. The van der Waals surface area contributed by atoms with E-state index < -0.39 is 0 Å². The Kier molecular flexibility index (Phi) is 4.89. The Labute approximate surface area is 127 Å². The van der Waals surface area contributed by atoms with Crippen LogP contribution in [0.1, 0.15) is 29.3 Å². The number of hydrogen-bond acceptors (Lipinski definition) is 4. The number of carbonyl (C=O) groups is 2. The summed E-state index contributed by atoms with van der Waals surface area (Å²) < 4.78 is 0. The van der Waals surface area contributed by atoms with Gasteiger partial charge in [-0.1, -0.05) is 18.2 Å². The predicted octanol–water partition coefficient (Wildman–Crippen LogP) is 3.72. The SMILES string of the molecule is C=C1Cc2cc(C(=O)CSCCC(C)=O)c(Cl)cc2N1. The minimum absolute atomic E-state index is 0.00358. The van der Waals surface area contributed by atoms with Crippen LogP contribution in [0.2, 0.25) is 5.02 Å². The zero-order valence-corrected chi connectivity index (χ0v) is 12.9. The summed E-state index contributed by atoms with van der Waals surface area (Å²) in [7, 11) is 0. The molecular formula is C15H16ClNO2S. The molecule has 0 saturated carbocycles. The highest BCUT2D eigenvalue weighted by molar-refractivity contribution is 8.00. The molecule has 1 heterocycles. The van der Waals surface area contributed by atoms with Crippen molar-refractivity contribution >= 4 is 40.6 Å². The fraction of sp³-hybridized carbons (Fsp3) is 0.333. The molecule has 1 aromatic carbocycles. The first-order valence-corrected chi connectivity index (χ1v) is 7.88. The molecule has 3 nitrogen and oxygen atoms in total. The Hall–Kier alpha value is -1.26. The quantitative estimate of drug-likeness (QED) is 0.642. The van der Waals surface area contributed by atoms with Crippen molar-refractivity contribution in [2.75, 3.05) is 16.8 Å².